The van der Waals surface area contributed by atoms with Gasteiger partial charge in [0.2, 0.25) is 0 Å². The summed E-state index contributed by atoms with van der Waals surface area (Å²) in [5, 5.41) is 9.51. The van der Waals surface area contributed by atoms with Crippen molar-refractivity contribution in [3.05, 3.63) is 23.8 Å². The molecule has 0 atom stereocenters. The quantitative estimate of drug-likeness (QED) is 0.838. The third-order valence-corrected chi connectivity index (χ3v) is 1.84. The Hall–Kier alpha value is -1.71. The molecule has 1 aromatic rings. The van der Waals surface area contributed by atoms with Gasteiger partial charge >= 0.3 is 0 Å². The Morgan fingerprint density at radius 3 is 2.25 bits per heavy atom. The average Bonchev–Trinajstić information content (AvgIpc) is 2.30. The molecule has 4 heteroatoms. The maximum atomic E-state index is 11.5. The molecule has 0 radical (unpaired) electrons. The fourth-order valence-electron chi connectivity index (χ4n) is 1.06. The molecule has 0 aromatic heterocycles. The number of nitrogens with zero attached hydrogens (tertiary/aromatic N) is 1. The molecule has 90 valence electrons. The van der Waals surface area contributed by atoms with Gasteiger partial charge in [0.1, 0.15) is 11.5 Å². The molecule has 1 amide bonds. The Kier molecular flexibility index (Phi) is 6.00. The minimum atomic E-state index is -0.231. The van der Waals surface area contributed by atoms with E-state index >= 15 is 0 Å². The first-order valence-corrected chi connectivity index (χ1v) is 5.15. The Morgan fingerprint density at radius 1 is 1.31 bits per heavy atom. The van der Waals surface area contributed by atoms with E-state index in [1.165, 1.54) is 24.1 Å². The number of phenolic OH excluding ortho intramolecular Hbond substituents is 1. The van der Waals surface area contributed by atoms with E-state index in [-0.39, 0.29) is 17.2 Å². The molecule has 0 bridgehead atoms. The lowest BCUT2D eigenvalue weighted by atomic mass is 10.1. The number of carbonyl (C=O) groups is 1. The van der Waals surface area contributed by atoms with Crippen LogP contribution in [0.1, 0.15) is 24.2 Å². The van der Waals surface area contributed by atoms with Crippen LogP contribution in [-0.4, -0.2) is 37.1 Å². The second kappa shape index (κ2) is 6.71. The Morgan fingerprint density at radius 2 is 1.88 bits per heavy atom. The molecule has 16 heavy (non-hydrogen) atoms. The lowest BCUT2D eigenvalue weighted by molar-refractivity contribution is 0.0824. The van der Waals surface area contributed by atoms with Crippen molar-refractivity contribution in [1.29, 1.82) is 0 Å². The summed E-state index contributed by atoms with van der Waals surface area (Å²) in [4.78, 5) is 12.9. The van der Waals surface area contributed by atoms with E-state index < -0.39 is 0 Å². The van der Waals surface area contributed by atoms with Gasteiger partial charge in [-0.15, -0.1) is 0 Å². The molecule has 0 spiro atoms. The first kappa shape index (κ1) is 14.3. The van der Waals surface area contributed by atoms with Crippen molar-refractivity contribution < 1.29 is 14.6 Å². The zero-order valence-electron chi connectivity index (χ0n) is 10.4. The smallest absolute Gasteiger partial charge is 0.257 e. The number of methoxy groups -OCH3 is 1. The molecule has 0 unspecified atom stereocenters. The number of ether oxygens (including phenoxy) is 1. The second-order valence-corrected chi connectivity index (χ2v) is 3.08. The molecule has 1 aromatic carbocycles. The van der Waals surface area contributed by atoms with E-state index in [1.807, 2.05) is 13.8 Å². The van der Waals surface area contributed by atoms with Gasteiger partial charge in [0, 0.05) is 20.2 Å². The van der Waals surface area contributed by atoms with Gasteiger partial charge < -0.3 is 14.7 Å². The fraction of sp³-hybridized carbons (Fsp3) is 0.417. The van der Waals surface area contributed by atoms with Gasteiger partial charge in [-0.25, -0.2) is 0 Å². The minimum absolute atomic E-state index is 0.0666. The second-order valence-electron chi connectivity index (χ2n) is 3.08. The Bertz CT molecular complexity index is 348. The number of hydrogen-bond acceptors (Lipinski definition) is 3. The zero-order valence-corrected chi connectivity index (χ0v) is 10.4. The number of hydrogen-bond donors (Lipinski definition) is 1. The highest BCUT2D eigenvalue weighted by Crippen LogP contribution is 2.23. The molecular weight excluding hydrogens is 206 g/mol. The monoisotopic (exact) mass is 225 g/mol. The first-order chi connectivity index (χ1) is 7.56. The van der Waals surface area contributed by atoms with Gasteiger partial charge in [-0.3, -0.25) is 4.79 Å². The van der Waals surface area contributed by atoms with Crippen molar-refractivity contribution in [3.8, 4) is 11.5 Å². The molecule has 1 N–H and O–H groups in total. The molecule has 0 aliphatic rings. The van der Waals surface area contributed by atoms with Crippen LogP contribution in [0.5, 0.6) is 11.5 Å². The van der Waals surface area contributed by atoms with Gasteiger partial charge in [-0.2, -0.15) is 0 Å². The van der Waals surface area contributed by atoms with Crippen molar-refractivity contribution in [2.75, 3.05) is 21.2 Å². The highest BCUT2D eigenvalue weighted by Gasteiger charge is 2.13. The van der Waals surface area contributed by atoms with E-state index in [0.29, 0.717) is 5.75 Å². The van der Waals surface area contributed by atoms with Gasteiger partial charge in [-0.05, 0) is 12.1 Å². The first-order valence-electron chi connectivity index (χ1n) is 5.15. The summed E-state index contributed by atoms with van der Waals surface area (Å²) < 4.78 is 4.91. The standard InChI is InChI=1S/C10H13NO3.C2H6/c1-11(2)10(13)8-5-4-7(14-3)6-9(8)12;1-2/h4-6,12H,1-3H3;1-2H3. The SMILES string of the molecule is CC.COc1ccc(C(=O)N(C)C)c(O)c1. The third kappa shape index (κ3) is 3.46. The molecule has 4 nitrogen and oxygen atoms in total. The van der Waals surface area contributed by atoms with Crippen LogP contribution in [0.2, 0.25) is 0 Å². The van der Waals surface area contributed by atoms with Crippen LogP contribution in [0.3, 0.4) is 0 Å². The maximum absolute atomic E-state index is 11.5. The summed E-state index contributed by atoms with van der Waals surface area (Å²) >= 11 is 0. The molecule has 1 rings (SSSR count). The van der Waals surface area contributed by atoms with Crippen molar-refractivity contribution in [2.45, 2.75) is 13.8 Å². The van der Waals surface area contributed by atoms with Crippen LogP contribution in [0.25, 0.3) is 0 Å². The topological polar surface area (TPSA) is 49.8 Å². The normalized spacial score (nSPS) is 8.81. The lowest BCUT2D eigenvalue weighted by Gasteiger charge is -2.11. The van der Waals surface area contributed by atoms with Gasteiger partial charge in [0.15, 0.2) is 0 Å². The van der Waals surface area contributed by atoms with Crippen LogP contribution in [-0.2, 0) is 0 Å². The highest BCUT2D eigenvalue weighted by atomic mass is 16.5. The number of aromatic hydroxyl groups is 1. The van der Waals surface area contributed by atoms with E-state index in [9.17, 15) is 9.90 Å². The summed E-state index contributed by atoms with van der Waals surface area (Å²) in [6, 6.07) is 4.59. The Balaban J connectivity index is 0.00000106. The van der Waals surface area contributed by atoms with E-state index in [0.717, 1.165) is 0 Å². The van der Waals surface area contributed by atoms with Crippen LogP contribution >= 0.6 is 0 Å². The van der Waals surface area contributed by atoms with Crippen molar-refractivity contribution in [2.24, 2.45) is 0 Å². The van der Waals surface area contributed by atoms with Crippen LogP contribution in [0.4, 0.5) is 0 Å². The summed E-state index contributed by atoms with van der Waals surface area (Å²) in [5.41, 5.74) is 0.274. The molecule has 0 saturated carbocycles. The van der Waals surface area contributed by atoms with Crippen molar-refractivity contribution in [1.82, 2.24) is 4.90 Å². The number of carbonyl (C=O) groups excluding carboxylic acids is 1. The van der Waals surface area contributed by atoms with Crippen LogP contribution in [0.15, 0.2) is 18.2 Å². The fourth-order valence-corrected chi connectivity index (χ4v) is 1.06. The number of phenols is 1. The minimum Gasteiger partial charge on any atom is -0.507 e. The zero-order chi connectivity index (χ0) is 12.7. The highest BCUT2D eigenvalue weighted by molar-refractivity contribution is 5.96. The van der Waals surface area contributed by atoms with E-state index in [4.69, 9.17) is 4.74 Å². The summed E-state index contributed by atoms with van der Waals surface area (Å²) in [5.74, 6) is 0.228. The Labute approximate surface area is 96.5 Å². The van der Waals surface area contributed by atoms with Crippen molar-refractivity contribution >= 4 is 5.91 Å². The van der Waals surface area contributed by atoms with Crippen molar-refractivity contribution in [3.63, 3.8) is 0 Å². The van der Waals surface area contributed by atoms with Gasteiger partial charge in [0.25, 0.3) is 5.91 Å². The lowest BCUT2D eigenvalue weighted by Crippen LogP contribution is -2.21. The molecule has 0 saturated heterocycles. The van der Waals surface area contributed by atoms with E-state index in [2.05, 4.69) is 0 Å². The molecule has 0 fully saturated rings. The summed E-state index contributed by atoms with van der Waals surface area (Å²) in [7, 11) is 4.76. The predicted molar refractivity (Wildman–Crippen MR) is 64.0 cm³/mol. The molecular formula is C12H19NO3. The number of benzene rings is 1. The van der Waals surface area contributed by atoms with Crippen LogP contribution in [0, 0.1) is 0 Å². The third-order valence-electron chi connectivity index (χ3n) is 1.84. The predicted octanol–water partition coefficient (Wildman–Crippen LogP) is 2.13. The van der Waals surface area contributed by atoms with Gasteiger partial charge in [-0.1, -0.05) is 13.8 Å². The number of amides is 1. The molecule has 0 heterocycles. The van der Waals surface area contributed by atoms with Gasteiger partial charge in [0.05, 0.1) is 12.7 Å². The van der Waals surface area contributed by atoms with Crippen LogP contribution < -0.4 is 4.74 Å². The molecule has 0 aliphatic heterocycles. The molecule has 0 aliphatic carbocycles. The average molecular weight is 225 g/mol. The maximum Gasteiger partial charge on any atom is 0.257 e. The summed E-state index contributed by atoms with van der Waals surface area (Å²) in [6.45, 7) is 4.00. The number of rotatable bonds is 2. The summed E-state index contributed by atoms with van der Waals surface area (Å²) in [6.07, 6.45) is 0. The van der Waals surface area contributed by atoms with E-state index in [1.54, 1.807) is 20.2 Å². The largest absolute Gasteiger partial charge is 0.507 e.